The number of carbonyl (C=O) groups is 4. The van der Waals surface area contributed by atoms with E-state index in [0.29, 0.717) is 11.1 Å². The minimum absolute atomic E-state index is 0. The number of carboxylic acids is 4. The van der Waals surface area contributed by atoms with Gasteiger partial charge < -0.3 is 30.0 Å². The Balaban J connectivity index is -0.000000372. The van der Waals surface area contributed by atoms with Crippen molar-refractivity contribution in [3.8, 4) is 0 Å². The number of benzene rings is 2. The Kier molecular flexibility index (Phi) is 18.6. The van der Waals surface area contributed by atoms with Crippen LogP contribution in [0.15, 0.2) is 72.8 Å². The Morgan fingerprint density at radius 3 is 0.939 bits per heavy atom. The van der Waals surface area contributed by atoms with Crippen molar-refractivity contribution in [1.82, 2.24) is 0 Å². The quantitative estimate of drug-likeness (QED) is 0.470. The summed E-state index contributed by atoms with van der Waals surface area (Å²) in [7, 11) is 0. The Labute approximate surface area is 205 Å². The SMILES string of the molecule is C=C(C)C(=O)[O-].C=C(C)C(=O)[O-].Cc1ccc(C(=O)O)cc1.Cc1ccc(C(=O)O)cc1.[Zn+2]. The van der Waals surface area contributed by atoms with E-state index in [-0.39, 0.29) is 30.6 Å². The molecule has 9 heteroatoms. The van der Waals surface area contributed by atoms with E-state index < -0.39 is 23.9 Å². The van der Waals surface area contributed by atoms with Crippen LogP contribution < -0.4 is 10.2 Å². The molecule has 2 N–H and O–H groups in total. The van der Waals surface area contributed by atoms with Gasteiger partial charge in [-0.25, -0.2) is 9.59 Å². The number of carbonyl (C=O) groups excluding carboxylic acids is 2. The number of aliphatic carboxylic acids is 2. The molecular formula is C24H26O8Zn. The molecule has 2 aromatic carbocycles. The normalized spacial score (nSPS) is 8.36. The van der Waals surface area contributed by atoms with Crippen LogP contribution in [0.3, 0.4) is 0 Å². The molecular weight excluding hydrogens is 482 g/mol. The zero-order valence-electron chi connectivity index (χ0n) is 19.1. The molecule has 0 aliphatic heterocycles. The molecule has 0 fully saturated rings. The predicted molar refractivity (Wildman–Crippen MR) is 116 cm³/mol. The number of hydrogen-bond acceptors (Lipinski definition) is 6. The average molecular weight is 508 g/mol. The van der Waals surface area contributed by atoms with Crippen LogP contribution in [0.4, 0.5) is 0 Å². The molecule has 0 unspecified atom stereocenters. The summed E-state index contributed by atoms with van der Waals surface area (Å²) in [5, 5.41) is 35.9. The van der Waals surface area contributed by atoms with Crippen LogP contribution in [0.1, 0.15) is 45.7 Å². The first-order chi connectivity index (χ1) is 14.7. The van der Waals surface area contributed by atoms with Crippen molar-refractivity contribution in [3.05, 3.63) is 95.1 Å². The topological polar surface area (TPSA) is 155 Å². The van der Waals surface area contributed by atoms with Crippen LogP contribution in [-0.2, 0) is 29.1 Å². The monoisotopic (exact) mass is 506 g/mol. The van der Waals surface area contributed by atoms with E-state index in [0.717, 1.165) is 11.1 Å². The second kappa shape index (κ2) is 18.0. The van der Waals surface area contributed by atoms with Crippen LogP contribution in [0.25, 0.3) is 0 Å². The van der Waals surface area contributed by atoms with Gasteiger partial charge in [0.2, 0.25) is 0 Å². The zero-order chi connectivity index (χ0) is 25.4. The van der Waals surface area contributed by atoms with E-state index in [1.807, 2.05) is 13.8 Å². The molecule has 172 valence electrons. The van der Waals surface area contributed by atoms with E-state index in [1.54, 1.807) is 48.5 Å². The number of rotatable bonds is 4. The van der Waals surface area contributed by atoms with Gasteiger partial charge in [0.25, 0.3) is 0 Å². The summed E-state index contributed by atoms with van der Waals surface area (Å²) in [4.78, 5) is 39.6. The first kappa shape index (κ1) is 34.0. The smallest absolute Gasteiger partial charge is 0.545 e. The van der Waals surface area contributed by atoms with Gasteiger partial charge in [-0.05, 0) is 63.1 Å². The number of carboxylic acid groups (broad SMARTS) is 4. The summed E-state index contributed by atoms with van der Waals surface area (Å²) in [5.74, 6) is -4.12. The largest absolute Gasteiger partial charge is 2.00 e. The fraction of sp³-hybridized carbons (Fsp3) is 0.167. The average Bonchev–Trinajstić information content (AvgIpc) is 2.70. The zero-order valence-corrected chi connectivity index (χ0v) is 22.1. The fourth-order valence-electron chi connectivity index (χ4n) is 1.39. The van der Waals surface area contributed by atoms with Gasteiger partial charge in [-0.15, -0.1) is 0 Å². The van der Waals surface area contributed by atoms with Gasteiger partial charge in [0.05, 0.1) is 23.1 Å². The number of hydrogen-bond donors (Lipinski definition) is 2. The Morgan fingerprint density at radius 2 is 0.818 bits per heavy atom. The predicted octanol–water partition coefficient (Wildman–Crippen LogP) is 2.01. The third kappa shape index (κ3) is 18.9. The van der Waals surface area contributed by atoms with Crippen molar-refractivity contribution in [1.29, 1.82) is 0 Å². The van der Waals surface area contributed by atoms with Crippen LogP contribution in [0, 0.1) is 13.8 Å². The van der Waals surface area contributed by atoms with E-state index >= 15 is 0 Å². The van der Waals surface area contributed by atoms with Crippen LogP contribution in [0.5, 0.6) is 0 Å². The summed E-state index contributed by atoms with van der Waals surface area (Å²) in [6, 6.07) is 13.5. The van der Waals surface area contributed by atoms with Gasteiger partial charge in [0.1, 0.15) is 0 Å². The number of aromatic carboxylic acids is 2. The van der Waals surface area contributed by atoms with Gasteiger partial charge >= 0.3 is 31.4 Å². The fourth-order valence-corrected chi connectivity index (χ4v) is 1.39. The number of aryl methyl sites for hydroxylation is 2. The Hall–Kier alpha value is -3.58. The molecule has 2 aromatic rings. The second-order valence-electron chi connectivity index (χ2n) is 6.48. The summed E-state index contributed by atoms with van der Waals surface area (Å²) in [5.41, 5.74) is 2.95. The van der Waals surface area contributed by atoms with Crippen molar-refractivity contribution in [2.24, 2.45) is 0 Å². The molecule has 0 saturated carbocycles. The molecule has 33 heavy (non-hydrogen) atoms. The minimum Gasteiger partial charge on any atom is -0.545 e. The molecule has 0 amide bonds. The molecule has 0 aliphatic carbocycles. The molecule has 0 atom stereocenters. The second-order valence-corrected chi connectivity index (χ2v) is 6.48. The molecule has 0 aromatic heterocycles. The molecule has 0 bridgehead atoms. The van der Waals surface area contributed by atoms with E-state index in [9.17, 15) is 29.4 Å². The van der Waals surface area contributed by atoms with Crippen molar-refractivity contribution >= 4 is 23.9 Å². The molecule has 0 aliphatic rings. The summed E-state index contributed by atoms with van der Waals surface area (Å²) >= 11 is 0. The molecule has 0 radical (unpaired) electrons. The van der Waals surface area contributed by atoms with Gasteiger partial charge in [0, 0.05) is 0 Å². The first-order valence-corrected chi connectivity index (χ1v) is 9.02. The molecule has 0 heterocycles. The summed E-state index contributed by atoms with van der Waals surface area (Å²) in [6.45, 7) is 12.8. The third-order valence-corrected chi connectivity index (χ3v) is 3.29. The molecule has 8 nitrogen and oxygen atoms in total. The molecule has 0 saturated heterocycles. The van der Waals surface area contributed by atoms with E-state index in [4.69, 9.17) is 10.2 Å². The third-order valence-electron chi connectivity index (χ3n) is 3.29. The minimum atomic E-state index is -1.19. The molecule has 2 rings (SSSR count). The van der Waals surface area contributed by atoms with Crippen molar-refractivity contribution in [3.63, 3.8) is 0 Å². The van der Waals surface area contributed by atoms with E-state index in [1.165, 1.54) is 13.8 Å². The van der Waals surface area contributed by atoms with Gasteiger partial charge in [-0.3, -0.25) is 0 Å². The summed E-state index contributed by atoms with van der Waals surface area (Å²) < 4.78 is 0. The van der Waals surface area contributed by atoms with Crippen molar-refractivity contribution in [2.75, 3.05) is 0 Å². The van der Waals surface area contributed by atoms with Gasteiger partial charge in [-0.2, -0.15) is 0 Å². The van der Waals surface area contributed by atoms with Crippen LogP contribution >= 0.6 is 0 Å². The first-order valence-electron chi connectivity index (χ1n) is 9.02. The maximum atomic E-state index is 10.3. The van der Waals surface area contributed by atoms with Gasteiger partial charge in [-0.1, -0.05) is 48.6 Å². The van der Waals surface area contributed by atoms with E-state index in [2.05, 4.69) is 13.2 Å². The van der Waals surface area contributed by atoms with Crippen LogP contribution in [-0.4, -0.2) is 34.1 Å². The van der Waals surface area contributed by atoms with Crippen molar-refractivity contribution < 1.29 is 59.1 Å². The summed E-state index contributed by atoms with van der Waals surface area (Å²) in [6.07, 6.45) is 0. The van der Waals surface area contributed by atoms with Gasteiger partial charge in [0.15, 0.2) is 0 Å². The maximum absolute atomic E-state index is 10.3. The Bertz CT molecular complexity index is 842. The van der Waals surface area contributed by atoms with Crippen molar-refractivity contribution in [2.45, 2.75) is 27.7 Å². The van der Waals surface area contributed by atoms with Crippen LogP contribution in [0.2, 0.25) is 0 Å². The Morgan fingerprint density at radius 1 is 0.636 bits per heavy atom. The maximum Gasteiger partial charge on any atom is 2.00 e. The standard InChI is InChI=1S/2C8H8O2.2C4H6O2.Zn/c2*1-6-2-4-7(5-3-6)8(9)10;2*1-3(2)4(5)6;/h2*2-5H,1H3,(H,9,10);2*1H2,2H3,(H,5,6);/q;;;;+2/p-2. The molecule has 0 spiro atoms.